The van der Waals surface area contributed by atoms with Gasteiger partial charge in [-0.15, -0.1) is 10.2 Å². The minimum Gasteiger partial charge on any atom is -0.494 e. The smallest absolute Gasteiger partial charge is 0.247 e. The third-order valence-electron chi connectivity index (χ3n) is 3.52. The minimum absolute atomic E-state index is 0.0944. The molecule has 1 amide bonds. The number of hydrogen-bond donors (Lipinski definition) is 1. The van der Waals surface area contributed by atoms with Crippen LogP contribution in [0.25, 0.3) is 11.5 Å². The van der Waals surface area contributed by atoms with E-state index in [2.05, 4.69) is 15.5 Å². The van der Waals surface area contributed by atoms with Gasteiger partial charge in [0.2, 0.25) is 17.7 Å². The summed E-state index contributed by atoms with van der Waals surface area (Å²) in [4.78, 5) is 12.3. The SMILES string of the molecule is CCOc1ccc(CC(=O)Nc2cccc(-c3nnc(C)o3)c2)cc1. The van der Waals surface area contributed by atoms with Crippen molar-refractivity contribution in [3.8, 4) is 17.2 Å². The Balaban J connectivity index is 1.64. The van der Waals surface area contributed by atoms with Crippen LogP contribution in [0.5, 0.6) is 5.75 Å². The zero-order chi connectivity index (χ0) is 17.6. The van der Waals surface area contributed by atoms with Crippen molar-refractivity contribution in [2.24, 2.45) is 0 Å². The molecule has 1 N–H and O–H groups in total. The van der Waals surface area contributed by atoms with E-state index in [0.29, 0.717) is 24.1 Å². The molecule has 0 fully saturated rings. The maximum Gasteiger partial charge on any atom is 0.247 e. The zero-order valence-corrected chi connectivity index (χ0v) is 14.2. The highest BCUT2D eigenvalue weighted by molar-refractivity contribution is 5.92. The summed E-state index contributed by atoms with van der Waals surface area (Å²) in [5.74, 6) is 1.64. The van der Waals surface area contributed by atoms with E-state index in [1.165, 1.54) is 0 Å². The lowest BCUT2D eigenvalue weighted by atomic mass is 10.1. The standard InChI is InChI=1S/C19H19N3O3/c1-3-24-17-9-7-14(8-10-17)11-18(23)20-16-6-4-5-15(12-16)19-22-21-13(2)25-19/h4-10,12H,3,11H2,1-2H3,(H,20,23). The fraction of sp³-hybridized carbons (Fsp3) is 0.211. The van der Waals surface area contributed by atoms with Crippen molar-refractivity contribution in [1.29, 1.82) is 0 Å². The Morgan fingerprint density at radius 3 is 2.64 bits per heavy atom. The molecule has 0 spiro atoms. The Morgan fingerprint density at radius 1 is 1.16 bits per heavy atom. The highest BCUT2D eigenvalue weighted by Crippen LogP contribution is 2.21. The number of anilines is 1. The molecule has 6 heteroatoms. The fourth-order valence-electron chi connectivity index (χ4n) is 2.40. The summed E-state index contributed by atoms with van der Waals surface area (Å²) >= 11 is 0. The summed E-state index contributed by atoms with van der Waals surface area (Å²) in [5.41, 5.74) is 2.37. The van der Waals surface area contributed by atoms with Gasteiger partial charge < -0.3 is 14.5 Å². The van der Waals surface area contributed by atoms with Crippen molar-refractivity contribution >= 4 is 11.6 Å². The highest BCUT2D eigenvalue weighted by atomic mass is 16.5. The Morgan fingerprint density at radius 2 is 1.96 bits per heavy atom. The number of carbonyl (C=O) groups excluding carboxylic acids is 1. The Hall–Kier alpha value is -3.15. The number of amides is 1. The molecule has 0 radical (unpaired) electrons. The molecule has 0 atom stereocenters. The quantitative estimate of drug-likeness (QED) is 0.743. The maximum atomic E-state index is 12.3. The second-order valence-electron chi connectivity index (χ2n) is 5.51. The lowest BCUT2D eigenvalue weighted by Gasteiger charge is -2.07. The third kappa shape index (κ3) is 4.44. The van der Waals surface area contributed by atoms with E-state index in [4.69, 9.17) is 9.15 Å². The van der Waals surface area contributed by atoms with E-state index in [1.54, 1.807) is 6.92 Å². The topological polar surface area (TPSA) is 77.2 Å². The fourth-order valence-corrected chi connectivity index (χ4v) is 2.40. The van der Waals surface area contributed by atoms with Gasteiger partial charge >= 0.3 is 0 Å². The molecule has 0 aliphatic rings. The molecule has 6 nitrogen and oxygen atoms in total. The molecule has 0 aliphatic heterocycles. The average Bonchev–Trinajstić information content (AvgIpc) is 3.04. The van der Waals surface area contributed by atoms with Gasteiger partial charge in [-0.3, -0.25) is 4.79 Å². The molecule has 1 heterocycles. The molecule has 2 aromatic carbocycles. The monoisotopic (exact) mass is 337 g/mol. The van der Waals surface area contributed by atoms with Crippen LogP contribution >= 0.6 is 0 Å². The van der Waals surface area contributed by atoms with E-state index < -0.39 is 0 Å². The van der Waals surface area contributed by atoms with Crippen LogP contribution in [-0.4, -0.2) is 22.7 Å². The zero-order valence-electron chi connectivity index (χ0n) is 14.2. The normalized spacial score (nSPS) is 10.5. The summed E-state index contributed by atoms with van der Waals surface area (Å²) in [7, 11) is 0. The van der Waals surface area contributed by atoms with Gasteiger partial charge in [-0.05, 0) is 42.8 Å². The van der Waals surface area contributed by atoms with Gasteiger partial charge in [-0.1, -0.05) is 18.2 Å². The van der Waals surface area contributed by atoms with Crippen molar-refractivity contribution < 1.29 is 13.9 Å². The molecular weight excluding hydrogens is 318 g/mol. The van der Waals surface area contributed by atoms with E-state index in [-0.39, 0.29) is 12.3 Å². The number of aryl methyl sites for hydroxylation is 1. The van der Waals surface area contributed by atoms with E-state index in [9.17, 15) is 4.79 Å². The Bertz CT molecular complexity index is 856. The lowest BCUT2D eigenvalue weighted by molar-refractivity contribution is -0.115. The van der Waals surface area contributed by atoms with Crippen molar-refractivity contribution in [2.75, 3.05) is 11.9 Å². The van der Waals surface area contributed by atoms with E-state index >= 15 is 0 Å². The molecule has 0 saturated carbocycles. The number of nitrogens with zero attached hydrogens (tertiary/aromatic N) is 2. The van der Waals surface area contributed by atoms with Gasteiger partial charge in [0.15, 0.2) is 0 Å². The van der Waals surface area contributed by atoms with Crippen molar-refractivity contribution in [1.82, 2.24) is 10.2 Å². The van der Waals surface area contributed by atoms with E-state index in [0.717, 1.165) is 16.9 Å². The predicted octanol–water partition coefficient (Wildman–Crippen LogP) is 3.62. The molecule has 128 valence electrons. The Kier molecular flexibility index (Phi) is 5.09. The van der Waals surface area contributed by atoms with Gasteiger partial charge in [-0.25, -0.2) is 0 Å². The van der Waals surface area contributed by atoms with Crippen molar-refractivity contribution in [3.63, 3.8) is 0 Å². The number of carbonyl (C=O) groups is 1. The molecule has 0 bridgehead atoms. The average molecular weight is 337 g/mol. The first-order valence-corrected chi connectivity index (χ1v) is 8.06. The van der Waals surface area contributed by atoms with Crippen LogP contribution in [0, 0.1) is 6.92 Å². The van der Waals surface area contributed by atoms with Crippen LogP contribution < -0.4 is 10.1 Å². The molecule has 0 saturated heterocycles. The molecule has 3 rings (SSSR count). The van der Waals surface area contributed by atoms with Gasteiger partial charge in [0.05, 0.1) is 13.0 Å². The molecule has 1 aromatic heterocycles. The van der Waals surface area contributed by atoms with Gasteiger partial charge in [0.25, 0.3) is 0 Å². The number of benzene rings is 2. The molecule has 0 aliphatic carbocycles. The second-order valence-corrected chi connectivity index (χ2v) is 5.51. The minimum atomic E-state index is -0.0944. The van der Waals surface area contributed by atoms with Crippen molar-refractivity contribution in [3.05, 3.63) is 60.0 Å². The lowest BCUT2D eigenvalue weighted by Crippen LogP contribution is -2.14. The molecule has 3 aromatic rings. The number of rotatable bonds is 6. The number of aromatic nitrogens is 2. The molecule has 0 unspecified atom stereocenters. The van der Waals surface area contributed by atoms with Gasteiger partial charge in [0, 0.05) is 18.2 Å². The van der Waals surface area contributed by atoms with Crippen LogP contribution in [0.15, 0.2) is 52.9 Å². The number of hydrogen-bond acceptors (Lipinski definition) is 5. The highest BCUT2D eigenvalue weighted by Gasteiger charge is 2.09. The summed E-state index contributed by atoms with van der Waals surface area (Å²) in [6, 6.07) is 14.8. The predicted molar refractivity (Wildman–Crippen MR) is 94.4 cm³/mol. The molecule has 25 heavy (non-hydrogen) atoms. The first-order valence-electron chi connectivity index (χ1n) is 8.06. The maximum absolute atomic E-state index is 12.3. The summed E-state index contributed by atoms with van der Waals surface area (Å²) in [5, 5.41) is 10.7. The molecular formula is C19H19N3O3. The van der Waals surface area contributed by atoms with Crippen LogP contribution in [0.3, 0.4) is 0 Å². The van der Waals surface area contributed by atoms with Crippen LogP contribution in [-0.2, 0) is 11.2 Å². The van der Waals surface area contributed by atoms with Crippen LogP contribution in [0.2, 0.25) is 0 Å². The first kappa shape index (κ1) is 16.7. The second kappa shape index (κ2) is 7.61. The first-order chi connectivity index (χ1) is 12.1. The summed E-state index contributed by atoms with van der Waals surface area (Å²) in [6.45, 7) is 4.29. The van der Waals surface area contributed by atoms with Crippen LogP contribution in [0.4, 0.5) is 5.69 Å². The summed E-state index contributed by atoms with van der Waals surface area (Å²) in [6.07, 6.45) is 0.288. The Labute approximate surface area is 145 Å². The van der Waals surface area contributed by atoms with Gasteiger partial charge in [0.1, 0.15) is 5.75 Å². The third-order valence-corrected chi connectivity index (χ3v) is 3.52. The summed E-state index contributed by atoms with van der Waals surface area (Å²) < 4.78 is 10.8. The largest absolute Gasteiger partial charge is 0.494 e. The van der Waals surface area contributed by atoms with Gasteiger partial charge in [-0.2, -0.15) is 0 Å². The van der Waals surface area contributed by atoms with E-state index in [1.807, 2.05) is 55.5 Å². The number of ether oxygens (including phenoxy) is 1. The number of nitrogens with one attached hydrogen (secondary N) is 1. The van der Waals surface area contributed by atoms with Crippen molar-refractivity contribution in [2.45, 2.75) is 20.3 Å². The van der Waals surface area contributed by atoms with Crippen LogP contribution in [0.1, 0.15) is 18.4 Å².